The smallest absolute Gasteiger partial charge is 0.140 e. The molecule has 1 aliphatic heterocycles. The Kier molecular flexibility index (Phi) is 5.18. The number of halogens is 1. The summed E-state index contributed by atoms with van der Waals surface area (Å²) in [6, 6.07) is 14.5. The minimum Gasteiger partial charge on any atom is -0.381 e. The summed E-state index contributed by atoms with van der Waals surface area (Å²) in [6.45, 7) is 4.35. The lowest BCUT2D eigenvalue weighted by molar-refractivity contribution is 0.0601. The van der Waals surface area contributed by atoms with Crippen LogP contribution in [-0.2, 0) is 11.3 Å². The number of benzene rings is 2. The van der Waals surface area contributed by atoms with E-state index >= 15 is 0 Å². The fourth-order valence-corrected chi connectivity index (χ4v) is 3.67. The molecule has 0 unspecified atom stereocenters. The zero-order chi connectivity index (χ0) is 19.5. The molecule has 1 aliphatic rings. The van der Waals surface area contributed by atoms with Gasteiger partial charge in [0.05, 0.1) is 11.3 Å². The van der Waals surface area contributed by atoms with Crippen LogP contribution in [0.3, 0.4) is 0 Å². The van der Waals surface area contributed by atoms with E-state index in [-0.39, 0.29) is 5.56 Å². The molecule has 0 atom stereocenters. The SMILES string of the molecule is Cc1ccccc1-c1c(-c2ccc(F)c(C#N)c2)nnn1CC1CCOCC1. The highest BCUT2D eigenvalue weighted by Crippen LogP contribution is 2.34. The van der Waals surface area contributed by atoms with Crippen LogP contribution in [0.5, 0.6) is 0 Å². The standard InChI is InChI=1S/C22H21FN4O/c1-15-4-2-3-5-19(15)22-21(17-6-7-20(23)18(12-17)13-24)25-26-27(22)14-16-8-10-28-11-9-16/h2-7,12,16H,8-11,14H2,1H3. The average molecular weight is 376 g/mol. The lowest BCUT2D eigenvalue weighted by atomic mass is 9.97. The molecule has 142 valence electrons. The van der Waals surface area contributed by atoms with E-state index in [0.29, 0.717) is 17.2 Å². The van der Waals surface area contributed by atoms with Crippen molar-refractivity contribution in [1.29, 1.82) is 5.26 Å². The van der Waals surface area contributed by atoms with Gasteiger partial charge < -0.3 is 4.74 Å². The van der Waals surface area contributed by atoms with Crippen molar-refractivity contribution in [2.45, 2.75) is 26.3 Å². The molecule has 1 fully saturated rings. The van der Waals surface area contributed by atoms with Crippen LogP contribution in [0.25, 0.3) is 22.5 Å². The summed E-state index contributed by atoms with van der Waals surface area (Å²) in [6.07, 6.45) is 2.00. The molecule has 0 radical (unpaired) electrons. The minimum absolute atomic E-state index is 0.00668. The van der Waals surface area contributed by atoms with E-state index in [1.807, 2.05) is 29.0 Å². The average Bonchev–Trinajstić information content (AvgIpc) is 3.13. The lowest BCUT2D eigenvalue weighted by Gasteiger charge is -2.22. The Bertz CT molecular complexity index is 1030. The molecular formula is C22H21FN4O. The van der Waals surface area contributed by atoms with Gasteiger partial charge in [-0.05, 0) is 49.4 Å². The molecule has 0 bridgehead atoms. The first-order valence-corrected chi connectivity index (χ1v) is 9.44. The van der Waals surface area contributed by atoms with Gasteiger partial charge in [-0.3, -0.25) is 0 Å². The van der Waals surface area contributed by atoms with E-state index in [9.17, 15) is 9.65 Å². The summed E-state index contributed by atoms with van der Waals surface area (Å²) in [5, 5.41) is 18.1. The summed E-state index contributed by atoms with van der Waals surface area (Å²) >= 11 is 0. The number of rotatable bonds is 4. The van der Waals surface area contributed by atoms with E-state index in [0.717, 1.165) is 49.4 Å². The molecule has 4 rings (SSSR count). The maximum atomic E-state index is 13.8. The van der Waals surface area contributed by atoms with Crippen molar-refractivity contribution >= 4 is 0 Å². The largest absolute Gasteiger partial charge is 0.381 e. The van der Waals surface area contributed by atoms with E-state index in [2.05, 4.69) is 23.3 Å². The van der Waals surface area contributed by atoms with Gasteiger partial charge in [-0.2, -0.15) is 5.26 Å². The highest BCUT2D eigenvalue weighted by atomic mass is 19.1. The number of aromatic nitrogens is 3. The Balaban J connectivity index is 1.83. The molecule has 5 nitrogen and oxygen atoms in total. The van der Waals surface area contributed by atoms with Crippen molar-refractivity contribution in [2.24, 2.45) is 5.92 Å². The Morgan fingerprint density at radius 3 is 2.75 bits per heavy atom. The van der Waals surface area contributed by atoms with Crippen LogP contribution in [0, 0.1) is 30.0 Å². The number of aryl methyl sites for hydroxylation is 1. The number of ether oxygens (including phenoxy) is 1. The summed E-state index contributed by atoms with van der Waals surface area (Å²) in [7, 11) is 0. The topological polar surface area (TPSA) is 63.7 Å². The second-order valence-electron chi connectivity index (χ2n) is 7.15. The van der Waals surface area contributed by atoms with Gasteiger partial charge >= 0.3 is 0 Å². The van der Waals surface area contributed by atoms with E-state index in [4.69, 9.17) is 4.74 Å². The normalized spacial score (nSPS) is 14.8. The van der Waals surface area contributed by atoms with Crippen LogP contribution in [-0.4, -0.2) is 28.2 Å². The highest BCUT2D eigenvalue weighted by molar-refractivity contribution is 5.80. The predicted octanol–water partition coefficient (Wildman–Crippen LogP) is 4.36. The third-order valence-corrected chi connectivity index (χ3v) is 5.27. The molecule has 0 amide bonds. The molecule has 1 saturated heterocycles. The predicted molar refractivity (Wildman–Crippen MR) is 104 cm³/mol. The van der Waals surface area contributed by atoms with Crippen molar-refractivity contribution < 1.29 is 9.13 Å². The second-order valence-corrected chi connectivity index (χ2v) is 7.15. The monoisotopic (exact) mass is 376 g/mol. The van der Waals surface area contributed by atoms with Crippen molar-refractivity contribution in [1.82, 2.24) is 15.0 Å². The molecule has 0 spiro atoms. The van der Waals surface area contributed by atoms with Gasteiger partial charge in [-0.15, -0.1) is 5.10 Å². The first kappa shape index (κ1) is 18.3. The Labute approximate surface area is 163 Å². The zero-order valence-electron chi connectivity index (χ0n) is 15.7. The molecule has 0 saturated carbocycles. The van der Waals surface area contributed by atoms with Gasteiger partial charge in [-0.1, -0.05) is 29.5 Å². The molecule has 2 aromatic carbocycles. The zero-order valence-corrected chi connectivity index (χ0v) is 15.7. The second kappa shape index (κ2) is 7.91. The Morgan fingerprint density at radius 1 is 1.21 bits per heavy atom. The van der Waals surface area contributed by atoms with Crippen LogP contribution < -0.4 is 0 Å². The van der Waals surface area contributed by atoms with Gasteiger partial charge in [0.1, 0.15) is 17.6 Å². The number of nitriles is 1. The molecule has 2 heterocycles. The molecule has 6 heteroatoms. The molecular weight excluding hydrogens is 355 g/mol. The first-order chi connectivity index (χ1) is 13.7. The first-order valence-electron chi connectivity index (χ1n) is 9.44. The molecule has 0 aliphatic carbocycles. The fourth-order valence-electron chi connectivity index (χ4n) is 3.67. The van der Waals surface area contributed by atoms with E-state index < -0.39 is 5.82 Å². The van der Waals surface area contributed by atoms with Crippen LogP contribution >= 0.6 is 0 Å². The lowest BCUT2D eigenvalue weighted by Crippen LogP contribution is -2.21. The van der Waals surface area contributed by atoms with E-state index in [1.54, 1.807) is 12.1 Å². The van der Waals surface area contributed by atoms with E-state index in [1.165, 1.54) is 6.07 Å². The van der Waals surface area contributed by atoms with Gasteiger partial charge in [0.2, 0.25) is 0 Å². The quantitative estimate of drug-likeness (QED) is 0.679. The molecule has 1 aromatic heterocycles. The van der Waals surface area contributed by atoms with Gasteiger partial charge in [0.25, 0.3) is 0 Å². The highest BCUT2D eigenvalue weighted by Gasteiger charge is 2.22. The van der Waals surface area contributed by atoms with Crippen molar-refractivity contribution in [3.8, 4) is 28.6 Å². The summed E-state index contributed by atoms with van der Waals surface area (Å²) in [4.78, 5) is 0. The third-order valence-electron chi connectivity index (χ3n) is 5.27. The van der Waals surface area contributed by atoms with Crippen LogP contribution in [0.1, 0.15) is 24.0 Å². The maximum Gasteiger partial charge on any atom is 0.140 e. The number of nitrogens with zero attached hydrogens (tertiary/aromatic N) is 4. The summed E-state index contributed by atoms with van der Waals surface area (Å²) < 4.78 is 21.2. The summed E-state index contributed by atoms with van der Waals surface area (Å²) in [5.41, 5.74) is 4.42. The van der Waals surface area contributed by atoms with Gasteiger partial charge in [0.15, 0.2) is 0 Å². The molecule has 3 aromatic rings. The van der Waals surface area contributed by atoms with Crippen molar-refractivity contribution in [3.63, 3.8) is 0 Å². The maximum absolute atomic E-state index is 13.8. The van der Waals surface area contributed by atoms with Crippen LogP contribution in [0.15, 0.2) is 42.5 Å². The Morgan fingerprint density at radius 2 is 2.00 bits per heavy atom. The van der Waals surface area contributed by atoms with Gasteiger partial charge in [-0.25, -0.2) is 9.07 Å². The van der Waals surface area contributed by atoms with Gasteiger partial charge in [0, 0.05) is 30.9 Å². The van der Waals surface area contributed by atoms with Crippen LogP contribution in [0.4, 0.5) is 4.39 Å². The van der Waals surface area contributed by atoms with Crippen molar-refractivity contribution in [3.05, 3.63) is 59.4 Å². The minimum atomic E-state index is -0.529. The fraction of sp³-hybridized carbons (Fsp3) is 0.318. The molecule has 28 heavy (non-hydrogen) atoms. The third kappa shape index (κ3) is 3.54. The Hall–Kier alpha value is -3.04. The summed E-state index contributed by atoms with van der Waals surface area (Å²) in [5.74, 6) is -0.0488. The van der Waals surface area contributed by atoms with Crippen LogP contribution in [0.2, 0.25) is 0 Å². The number of hydrogen-bond donors (Lipinski definition) is 0. The molecule has 0 N–H and O–H groups in total. The number of hydrogen-bond acceptors (Lipinski definition) is 4. The van der Waals surface area contributed by atoms with Crippen molar-refractivity contribution in [2.75, 3.05) is 13.2 Å².